The Hall–Kier alpha value is -1.35. The molecule has 2 aliphatic rings. The second-order valence-electron chi connectivity index (χ2n) is 4.09. The van der Waals surface area contributed by atoms with E-state index >= 15 is 0 Å². The van der Waals surface area contributed by atoms with Crippen molar-refractivity contribution in [3.05, 3.63) is 35.9 Å². The minimum Gasteiger partial charge on any atom is -0.390 e. The Balaban J connectivity index is 1.88. The van der Waals surface area contributed by atoms with Crippen LogP contribution < -0.4 is 5.32 Å². The zero-order valence-corrected chi connectivity index (χ0v) is 8.52. The molecule has 1 aromatic carbocycles. The highest BCUT2D eigenvalue weighted by atomic mass is 16.6. The molecule has 1 aromatic rings. The van der Waals surface area contributed by atoms with Crippen LogP contribution in [-0.2, 0) is 4.84 Å². The number of nitrogens with one attached hydrogen (secondary N) is 1. The van der Waals surface area contributed by atoms with E-state index in [1.54, 1.807) is 0 Å². The topological polar surface area (TPSA) is 33.6 Å². The van der Waals surface area contributed by atoms with Crippen molar-refractivity contribution in [2.75, 3.05) is 13.1 Å². The van der Waals surface area contributed by atoms with E-state index in [0.29, 0.717) is 5.92 Å². The number of nitrogens with zero attached hydrogens (tertiary/aromatic N) is 1. The van der Waals surface area contributed by atoms with Crippen LogP contribution in [0.25, 0.3) is 0 Å². The molecule has 1 fully saturated rings. The van der Waals surface area contributed by atoms with E-state index < -0.39 is 0 Å². The summed E-state index contributed by atoms with van der Waals surface area (Å²) in [6.45, 7) is 1.99. The zero-order valence-electron chi connectivity index (χ0n) is 8.52. The molecule has 78 valence electrons. The summed E-state index contributed by atoms with van der Waals surface area (Å²) >= 11 is 0. The Labute approximate surface area is 89.1 Å². The number of hydrogen-bond acceptors (Lipinski definition) is 3. The zero-order chi connectivity index (χ0) is 10.1. The third kappa shape index (κ3) is 1.53. The van der Waals surface area contributed by atoms with Crippen LogP contribution in [-0.4, -0.2) is 24.9 Å². The van der Waals surface area contributed by atoms with E-state index in [1.807, 2.05) is 18.2 Å². The van der Waals surface area contributed by atoms with Gasteiger partial charge in [-0.25, -0.2) is 0 Å². The van der Waals surface area contributed by atoms with Crippen molar-refractivity contribution in [2.24, 2.45) is 11.1 Å². The Morgan fingerprint density at radius 2 is 2.13 bits per heavy atom. The lowest BCUT2D eigenvalue weighted by atomic mass is 9.87. The quantitative estimate of drug-likeness (QED) is 0.746. The molecule has 2 aliphatic heterocycles. The number of hydrogen-bond donors (Lipinski definition) is 1. The number of oxime groups is 1. The number of rotatable bonds is 1. The normalized spacial score (nSPS) is 29.2. The molecule has 0 bridgehead atoms. The van der Waals surface area contributed by atoms with Gasteiger partial charge in [-0.3, -0.25) is 0 Å². The molecule has 15 heavy (non-hydrogen) atoms. The Kier molecular flexibility index (Phi) is 2.18. The van der Waals surface area contributed by atoms with E-state index in [9.17, 15) is 0 Å². The minimum atomic E-state index is 0.244. The molecule has 2 heterocycles. The molecule has 3 rings (SSSR count). The first-order valence-corrected chi connectivity index (χ1v) is 5.45. The second-order valence-corrected chi connectivity index (χ2v) is 4.09. The van der Waals surface area contributed by atoms with Gasteiger partial charge in [0.1, 0.15) is 6.10 Å². The largest absolute Gasteiger partial charge is 0.390 e. The molecular weight excluding hydrogens is 188 g/mol. The Morgan fingerprint density at radius 3 is 3.00 bits per heavy atom. The Bertz CT molecular complexity index is 374. The van der Waals surface area contributed by atoms with E-state index in [-0.39, 0.29) is 6.10 Å². The lowest BCUT2D eigenvalue weighted by Gasteiger charge is -2.24. The fraction of sp³-hybridized carbons (Fsp3) is 0.417. The van der Waals surface area contributed by atoms with Gasteiger partial charge in [-0.05, 0) is 18.5 Å². The van der Waals surface area contributed by atoms with Gasteiger partial charge in [0.25, 0.3) is 0 Å². The van der Waals surface area contributed by atoms with E-state index in [0.717, 1.165) is 25.2 Å². The van der Waals surface area contributed by atoms with E-state index in [2.05, 4.69) is 22.6 Å². The summed E-state index contributed by atoms with van der Waals surface area (Å²) < 4.78 is 0. The van der Waals surface area contributed by atoms with Crippen LogP contribution in [0.4, 0.5) is 0 Å². The minimum absolute atomic E-state index is 0.244. The number of benzene rings is 1. The third-order valence-electron chi connectivity index (χ3n) is 3.13. The Morgan fingerprint density at radius 1 is 1.27 bits per heavy atom. The molecule has 0 spiro atoms. The van der Waals surface area contributed by atoms with Crippen molar-refractivity contribution in [1.29, 1.82) is 0 Å². The SMILES string of the molecule is c1ccc(C2=NOC3CNCCC23)cc1. The second kappa shape index (κ2) is 3.66. The first-order chi connectivity index (χ1) is 7.45. The van der Waals surface area contributed by atoms with Crippen LogP contribution in [0.15, 0.2) is 35.5 Å². The van der Waals surface area contributed by atoms with Gasteiger partial charge >= 0.3 is 0 Å². The third-order valence-corrected chi connectivity index (χ3v) is 3.13. The molecule has 0 amide bonds. The maximum atomic E-state index is 5.45. The fourth-order valence-electron chi connectivity index (χ4n) is 2.32. The average molecular weight is 202 g/mol. The van der Waals surface area contributed by atoms with E-state index in [4.69, 9.17) is 4.84 Å². The molecule has 1 N–H and O–H groups in total. The highest BCUT2D eigenvalue weighted by molar-refractivity contribution is 6.03. The van der Waals surface area contributed by atoms with Crippen molar-refractivity contribution in [2.45, 2.75) is 12.5 Å². The first kappa shape index (κ1) is 8.92. The summed E-state index contributed by atoms with van der Waals surface area (Å²) in [5.41, 5.74) is 2.33. The van der Waals surface area contributed by atoms with Crippen molar-refractivity contribution in [1.82, 2.24) is 5.32 Å². The van der Waals surface area contributed by atoms with Crippen molar-refractivity contribution < 1.29 is 4.84 Å². The highest BCUT2D eigenvalue weighted by Crippen LogP contribution is 2.27. The van der Waals surface area contributed by atoms with Crippen molar-refractivity contribution >= 4 is 5.71 Å². The summed E-state index contributed by atoms with van der Waals surface area (Å²) in [5.74, 6) is 0.480. The van der Waals surface area contributed by atoms with E-state index in [1.165, 1.54) is 5.56 Å². The molecule has 3 nitrogen and oxygen atoms in total. The highest BCUT2D eigenvalue weighted by Gasteiger charge is 2.36. The molecule has 0 saturated carbocycles. The lowest BCUT2D eigenvalue weighted by Crippen LogP contribution is -2.41. The van der Waals surface area contributed by atoms with Gasteiger partial charge in [0, 0.05) is 12.5 Å². The van der Waals surface area contributed by atoms with Crippen LogP contribution in [0.2, 0.25) is 0 Å². The molecule has 2 atom stereocenters. The number of piperidine rings is 1. The van der Waals surface area contributed by atoms with Gasteiger partial charge in [0.2, 0.25) is 0 Å². The molecule has 2 unspecified atom stereocenters. The molecular formula is C12H14N2O. The predicted molar refractivity (Wildman–Crippen MR) is 58.8 cm³/mol. The van der Waals surface area contributed by atoms with Gasteiger partial charge in [-0.1, -0.05) is 35.5 Å². The fourth-order valence-corrected chi connectivity index (χ4v) is 2.32. The van der Waals surface area contributed by atoms with Crippen molar-refractivity contribution in [3.8, 4) is 0 Å². The van der Waals surface area contributed by atoms with Crippen LogP contribution in [0.5, 0.6) is 0 Å². The predicted octanol–water partition coefficient (Wildman–Crippen LogP) is 1.40. The first-order valence-electron chi connectivity index (χ1n) is 5.45. The van der Waals surface area contributed by atoms with Crippen LogP contribution in [0, 0.1) is 5.92 Å². The maximum Gasteiger partial charge on any atom is 0.148 e. The van der Waals surface area contributed by atoms with Gasteiger partial charge in [0.15, 0.2) is 0 Å². The summed E-state index contributed by atoms with van der Waals surface area (Å²) in [5, 5.41) is 7.56. The van der Waals surface area contributed by atoms with Crippen LogP contribution >= 0.6 is 0 Å². The van der Waals surface area contributed by atoms with Crippen molar-refractivity contribution in [3.63, 3.8) is 0 Å². The summed E-state index contributed by atoms with van der Waals surface area (Å²) in [6.07, 6.45) is 1.37. The summed E-state index contributed by atoms with van der Waals surface area (Å²) in [4.78, 5) is 5.45. The standard InChI is InChI=1S/C12H14N2O/c1-2-4-9(5-3-1)12-10-6-7-13-8-11(10)15-14-12/h1-5,10-11,13H,6-8H2. The van der Waals surface area contributed by atoms with Gasteiger partial charge in [0.05, 0.1) is 5.71 Å². The van der Waals surface area contributed by atoms with Crippen LogP contribution in [0.3, 0.4) is 0 Å². The molecule has 0 radical (unpaired) electrons. The molecule has 0 aliphatic carbocycles. The van der Waals surface area contributed by atoms with Gasteiger partial charge in [-0.15, -0.1) is 0 Å². The van der Waals surface area contributed by atoms with Crippen LogP contribution in [0.1, 0.15) is 12.0 Å². The molecule has 3 heteroatoms. The lowest BCUT2D eigenvalue weighted by molar-refractivity contribution is 0.0491. The van der Waals surface area contributed by atoms with Gasteiger partial charge < -0.3 is 10.2 Å². The molecule has 1 saturated heterocycles. The molecule has 0 aromatic heterocycles. The average Bonchev–Trinajstić information content (AvgIpc) is 2.74. The summed E-state index contributed by atoms with van der Waals surface area (Å²) in [6, 6.07) is 10.3. The number of fused-ring (bicyclic) bond motifs is 1. The maximum absolute atomic E-state index is 5.45. The smallest absolute Gasteiger partial charge is 0.148 e. The summed E-state index contributed by atoms with van der Waals surface area (Å²) in [7, 11) is 0. The van der Waals surface area contributed by atoms with Gasteiger partial charge in [-0.2, -0.15) is 0 Å². The monoisotopic (exact) mass is 202 g/mol.